The van der Waals surface area contributed by atoms with E-state index in [4.69, 9.17) is 21.1 Å². The molecule has 11 heteroatoms. The van der Waals surface area contributed by atoms with E-state index in [-0.39, 0.29) is 23.7 Å². The van der Waals surface area contributed by atoms with Gasteiger partial charge in [-0.3, -0.25) is 9.36 Å². The van der Waals surface area contributed by atoms with Crippen molar-refractivity contribution in [3.63, 3.8) is 0 Å². The zero-order valence-corrected chi connectivity index (χ0v) is 24.0. The Kier molecular flexibility index (Phi) is 9.51. The van der Waals surface area contributed by atoms with E-state index in [0.717, 1.165) is 36.1 Å². The molecule has 1 unspecified atom stereocenters. The summed E-state index contributed by atoms with van der Waals surface area (Å²) in [5.41, 5.74) is 1.51. The summed E-state index contributed by atoms with van der Waals surface area (Å²) in [4.78, 5) is 27.0. The van der Waals surface area contributed by atoms with E-state index in [2.05, 4.69) is 22.1 Å². The van der Waals surface area contributed by atoms with E-state index in [1.165, 1.54) is 23.1 Å². The number of rotatable bonds is 11. The van der Waals surface area contributed by atoms with Crippen LogP contribution in [0.25, 0.3) is 0 Å². The average molecular weight is 575 g/mol. The van der Waals surface area contributed by atoms with Crippen molar-refractivity contribution in [1.82, 2.24) is 14.8 Å². The van der Waals surface area contributed by atoms with Crippen LogP contribution in [0.5, 0.6) is 5.75 Å². The molecule has 0 saturated carbocycles. The number of fused-ring (bicyclic) bond motifs is 1. The number of esters is 1. The molecule has 0 bridgehead atoms. The van der Waals surface area contributed by atoms with Gasteiger partial charge >= 0.3 is 5.97 Å². The first-order valence-corrected chi connectivity index (χ1v) is 14.7. The number of hydrogen-bond donors (Lipinski definition) is 1. The van der Waals surface area contributed by atoms with Crippen LogP contribution in [0.1, 0.15) is 66.3 Å². The first-order chi connectivity index (χ1) is 18.3. The molecule has 1 aliphatic carbocycles. The Morgan fingerprint density at radius 1 is 1.24 bits per heavy atom. The largest absolute Gasteiger partial charge is 0.481 e. The predicted octanol–water partition coefficient (Wildman–Crippen LogP) is 6.49. The molecule has 4 rings (SSSR count). The molecule has 1 N–H and O–H groups in total. The molecule has 0 spiro atoms. The van der Waals surface area contributed by atoms with Crippen molar-refractivity contribution in [3.8, 4) is 5.75 Å². The number of carbonyl (C=O) groups excluding carboxylic acids is 2. The quantitative estimate of drug-likeness (QED) is 0.159. The first kappa shape index (κ1) is 28.2. The highest BCUT2D eigenvalue weighted by molar-refractivity contribution is 7.99. The molecule has 2 heterocycles. The van der Waals surface area contributed by atoms with Gasteiger partial charge in [-0.15, -0.1) is 28.1 Å². The van der Waals surface area contributed by atoms with E-state index >= 15 is 0 Å². The zero-order chi connectivity index (χ0) is 27.2. The molecule has 0 fully saturated rings. The van der Waals surface area contributed by atoms with Gasteiger partial charge in [0.05, 0.1) is 22.4 Å². The highest BCUT2D eigenvalue weighted by Crippen LogP contribution is 2.39. The lowest BCUT2D eigenvalue weighted by atomic mass is 9.95. The summed E-state index contributed by atoms with van der Waals surface area (Å²) < 4.78 is 13.4. The van der Waals surface area contributed by atoms with Crippen LogP contribution < -0.4 is 10.1 Å². The van der Waals surface area contributed by atoms with Crippen LogP contribution in [-0.2, 0) is 28.9 Å². The smallest absolute Gasteiger partial charge is 0.341 e. The van der Waals surface area contributed by atoms with Gasteiger partial charge in [0.2, 0.25) is 5.91 Å². The Balaban J connectivity index is 1.47. The lowest BCUT2D eigenvalue weighted by Crippen LogP contribution is -2.19. The summed E-state index contributed by atoms with van der Waals surface area (Å²) in [7, 11) is 0. The van der Waals surface area contributed by atoms with Gasteiger partial charge in [-0.25, -0.2) is 4.79 Å². The summed E-state index contributed by atoms with van der Waals surface area (Å²) in [5.74, 6) is 0.620. The van der Waals surface area contributed by atoms with Crippen LogP contribution in [-0.4, -0.2) is 38.5 Å². The molecule has 38 heavy (non-hydrogen) atoms. The number of para-hydroxylation sites is 1. The minimum Gasteiger partial charge on any atom is -0.481 e. The Bertz CT molecular complexity index is 1320. The number of nitrogens with zero attached hydrogens (tertiary/aromatic N) is 3. The lowest BCUT2D eigenvalue weighted by molar-refractivity contribution is -0.113. The number of thiophene rings is 1. The SMILES string of the molecule is C=CCn1c(SCC(=O)Nc2sc3c(c2C(=O)OC(C)C)CCCC3)nnc1C(C)Oc1ccccc1Cl. The number of thioether (sulfide) groups is 1. The van der Waals surface area contributed by atoms with Crippen LogP contribution in [0.4, 0.5) is 5.00 Å². The molecule has 0 saturated heterocycles. The summed E-state index contributed by atoms with van der Waals surface area (Å²) >= 11 is 8.97. The molecular formula is C27H31ClN4O4S2. The van der Waals surface area contributed by atoms with Crippen molar-refractivity contribution < 1.29 is 19.1 Å². The number of benzene rings is 1. The van der Waals surface area contributed by atoms with E-state index in [9.17, 15) is 9.59 Å². The van der Waals surface area contributed by atoms with Gasteiger partial charge in [0.15, 0.2) is 17.1 Å². The number of carbonyl (C=O) groups is 2. The Hall–Kier alpha value is -2.82. The van der Waals surface area contributed by atoms with Gasteiger partial charge in [-0.05, 0) is 64.2 Å². The zero-order valence-electron chi connectivity index (χ0n) is 21.7. The molecule has 0 radical (unpaired) electrons. The van der Waals surface area contributed by atoms with Gasteiger partial charge in [0.1, 0.15) is 10.8 Å². The van der Waals surface area contributed by atoms with Crippen molar-refractivity contribution in [2.24, 2.45) is 0 Å². The molecule has 202 valence electrons. The molecule has 1 atom stereocenters. The average Bonchev–Trinajstić information content (AvgIpc) is 3.44. The number of amides is 1. The standard InChI is InChI=1S/C27H31ClN4O4S2/c1-5-14-32-24(17(4)36-20-12-8-7-11-19(20)28)30-31-27(32)37-15-22(33)29-25-23(26(34)35-16(2)3)18-10-6-9-13-21(18)38-25/h5,7-8,11-12,16-17H,1,6,9-10,13-15H2,2-4H3,(H,29,33). The fourth-order valence-corrected chi connectivity index (χ4v) is 6.46. The summed E-state index contributed by atoms with van der Waals surface area (Å²) in [5, 5.41) is 13.2. The van der Waals surface area contributed by atoms with Crippen molar-refractivity contribution in [2.45, 2.75) is 70.4 Å². The predicted molar refractivity (Wildman–Crippen MR) is 152 cm³/mol. The van der Waals surface area contributed by atoms with E-state index < -0.39 is 6.10 Å². The Morgan fingerprint density at radius 3 is 2.74 bits per heavy atom. The molecule has 1 amide bonds. The number of aromatic nitrogens is 3. The minimum atomic E-state index is -0.433. The summed E-state index contributed by atoms with van der Waals surface area (Å²) in [6, 6.07) is 7.23. The van der Waals surface area contributed by atoms with E-state index in [1.807, 2.05) is 37.5 Å². The maximum atomic E-state index is 13.0. The van der Waals surface area contributed by atoms with Gasteiger partial charge in [0.25, 0.3) is 0 Å². The number of hydrogen-bond acceptors (Lipinski definition) is 8. The third kappa shape index (κ3) is 6.59. The second-order valence-corrected chi connectivity index (χ2v) is 11.6. The van der Waals surface area contributed by atoms with Crippen LogP contribution in [0.2, 0.25) is 5.02 Å². The number of aryl methyl sites for hydroxylation is 1. The lowest BCUT2D eigenvalue weighted by Gasteiger charge is -2.16. The van der Waals surface area contributed by atoms with Crippen molar-refractivity contribution in [3.05, 3.63) is 63.8 Å². The minimum absolute atomic E-state index is 0.0935. The third-order valence-corrected chi connectivity index (χ3v) is 8.35. The van der Waals surface area contributed by atoms with Crippen LogP contribution in [0.15, 0.2) is 42.1 Å². The summed E-state index contributed by atoms with van der Waals surface area (Å²) in [6.07, 6.45) is 4.90. The van der Waals surface area contributed by atoms with Crippen molar-refractivity contribution in [2.75, 3.05) is 11.1 Å². The molecule has 8 nitrogen and oxygen atoms in total. The van der Waals surface area contributed by atoms with Gasteiger partial charge in [0, 0.05) is 11.4 Å². The fraction of sp³-hybridized carbons (Fsp3) is 0.407. The Labute approximate surface area is 235 Å². The van der Waals surface area contributed by atoms with Crippen LogP contribution in [0, 0.1) is 0 Å². The van der Waals surface area contributed by atoms with Crippen molar-refractivity contribution in [1.29, 1.82) is 0 Å². The fourth-order valence-electron chi connectivity index (χ4n) is 4.23. The number of anilines is 1. The number of ether oxygens (including phenoxy) is 2. The molecule has 1 aromatic carbocycles. The Morgan fingerprint density at radius 2 is 2.00 bits per heavy atom. The molecule has 0 aliphatic heterocycles. The summed E-state index contributed by atoms with van der Waals surface area (Å²) in [6.45, 7) is 9.79. The highest BCUT2D eigenvalue weighted by atomic mass is 35.5. The van der Waals surface area contributed by atoms with Gasteiger partial charge < -0.3 is 14.8 Å². The van der Waals surface area contributed by atoms with E-state index in [0.29, 0.717) is 38.9 Å². The molecule has 3 aromatic rings. The van der Waals surface area contributed by atoms with Crippen LogP contribution >= 0.6 is 34.7 Å². The first-order valence-electron chi connectivity index (χ1n) is 12.5. The third-order valence-electron chi connectivity index (χ3n) is 5.86. The topological polar surface area (TPSA) is 95.3 Å². The van der Waals surface area contributed by atoms with Gasteiger partial charge in [-0.1, -0.05) is 41.6 Å². The number of halogens is 1. The maximum absolute atomic E-state index is 13.0. The monoisotopic (exact) mass is 574 g/mol. The molecular weight excluding hydrogens is 544 g/mol. The number of nitrogens with one attached hydrogen (secondary N) is 1. The number of allylic oxidation sites excluding steroid dienone is 1. The van der Waals surface area contributed by atoms with E-state index in [1.54, 1.807) is 18.2 Å². The van der Waals surface area contributed by atoms with Crippen LogP contribution in [0.3, 0.4) is 0 Å². The second kappa shape index (κ2) is 12.8. The van der Waals surface area contributed by atoms with Gasteiger partial charge in [-0.2, -0.15) is 0 Å². The maximum Gasteiger partial charge on any atom is 0.341 e. The highest BCUT2D eigenvalue weighted by Gasteiger charge is 2.28. The second-order valence-electron chi connectivity index (χ2n) is 9.14. The van der Waals surface area contributed by atoms with Crippen molar-refractivity contribution >= 4 is 51.6 Å². The molecule has 1 aliphatic rings. The normalized spacial score (nSPS) is 13.6. The molecule has 2 aromatic heterocycles.